The number of ketones is 1. The van der Waals surface area contributed by atoms with E-state index in [1.165, 1.54) is 5.56 Å². The number of carbonyl (C=O) groups excluding carboxylic acids is 1. The maximum atomic E-state index is 12.6. The molecule has 0 spiro atoms. The molecule has 0 unspecified atom stereocenters. The van der Waals surface area contributed by atoms with Gasteiger partial charge in [-0.2, -0.15) is 0 Å². The van der Waals surface area contributed by atoms with Gasteiger partial charge in [0.05, 0.1) is 5.54 Å². The molecule has 0 radical (unpaired) electrons. The molecular formula is C19H27NOSi. The van der Waals surface area contributed by atoms with Gasteiger partial charge in [-0.15, -0.1) is 11.5 Å². The second kappa shape index (κ2) is 7.26. The van der Waals surface area contributed by atoms with Crippen LogP contribution in [0.15, 0.2) is 30.3 Å². The van der Waals surface area contributed by atoms with Crippen LogP contribution < -0.4 is 5.32 Å². The Morgan fingerprint density at radius 2 is 1.91 bits per heavy atom. The van der Waals surface area contributed by atoms with E-state index in [4.69, 9.17) is 0 Å². The van der Waals surface area contributed by atoms with E-state index in [0.29, 0.717) is 18.6 Å². The Kier molecular flexibility index (Phi) is 5.61. The molecule has 3 heteroatoms. The van der Waals surface area contributed by atoms with Crippen LogP contribution in [0, 0.1) is 11.5 Å². The number of rotatable bonds is 4. The third-order valence-electron chi connectivity index (χ3n) is 4.12. The highest BCUT2D eigenvalue weighted by Gasteiger charge is 2.38. The Balaban J connectivity index is 2.11. The van der Waals surface area contributed by atoms with Gasteiger partial charge in [0.1, 0.15) is 8.07 Å². The van der Waals surface area contributed by atoms with Crippen LogP contribution >= 0.6 is 0 Å². The maximum absolute atomic E-state index is 12.6. The predicted molar refractivity (Wildman–Crippen MR) is 95.2 cm³/mol. The lowest BCUT2D eigenvalue weighted by atomic mass is 9.78. The van der Waals surface area contributed by atoms with E-state index >= 15 is 0 Å². The molecule has 0 heterocycles. The molecule has 1 aliphatic carbocycles. The molecule has 0 amide bonds. The third-order valence-corrected chi connectivity index (χ3v) is 5.05. The van der Waals surface area contributed by atoms with Gasteiger partial charge in [0.2, 0.25) is 0 Å². The number of carbonyl (C=O) groups is 1. The van der Waals surface area contributed by atoms with Gasteiger partial charge in [-0.05, 0) is 18.4 Å². The van der Waals surface area contributed by atoms with E-state index < -0.39 is 13.6 Å². The van der Waals surface area contributed by atoms with Crippen molar-refractivity contribution in [2.75, 3.05) is 0 Å². The molecule has 1 aliphatic rings. The summed E-state index contributed by atoms with van der Waals surface area (Å²) in [5.74, 6) is 3.68. The van der Waals surface area contributed by atoms with Gasteiger partial charge in [0.25, 0.3) is 0 Å². The van der Waals surface area contributed by atoms with Gasteiger partial charge >= 0.3 is 0 Å². The smallest absolute Gasteiger partial charge is 0.153 e. The number of benzene rings is 1. The molecule has 1 fully saturated rings. The summed E-state index contributed by atoms with van der Waals surface area (Å²) < 4.78 is 0. The molecule has 0 aliphatic heterocycles. The lowest BCUT2D eigenvalue weighted by Gasteiger charge is -2.35. The summed E-state index contributed by atoms with van der Waals surface area (Å²) in [7, 11) is -1.38. The first-order valence-corrected chi connectivity index (χ1v) is 11.7. The number of nitrogens with one attached hydrogen (secondary N) is 1. The Hall–Kier alpha value is -1.37. The highest BCUT2D eigenvalue weighted by atomic mass is 28.3. The topological polar surface area (TPSA) is 29.1 Å². The molecule has 0 saturated heterocycles. The second-order valence-electron chi connectivity index (χ2n) is 7.28. The zero-order valence-corrected chi connectivity index (χ0v) is 15.0. The fourth-order valence-electron chi connectivity index (χ4n) is 2.85. The molecule has 1 atom stereocenters. The van der Waals surface area contributed by atoms with E-state index in [1.54, 1.807) is 0 Å². The van der Waals surface area contributed by atoms with Gasteiger partial charge < -0.3 is 5.32 Å². The highest BCUT2D eigenvalue weighted by molar-refractivity contribution is 6.83. The molecule has 1 aromatic carbocycles. The van der Waals surface area contributed by atoms with Crippen molar-refractivity contribution in [3.05, 3.63) is 35.9 Å². The van der Waals surface area contributed by atoms with E-state index in [0.717, 1.165) is 25.8 Å². The van der Waals surface area contributed by atoms with E-state index in [2.05, 4.69) is 48.6 Å². The lowest BCUT2D eigenvalue weighted by Crippen LogP contribution is -2.53. The van der Waals surface area contributed by atoms with Crippen LogP contribution in [0.1, 0.15) is 37.7 Å². The summed E-state index contributed by atoms with van der Waals surface area (Å²) in [6.45, 7) is 7.47. The highest BCUT2D eigenvalue weighted by Crippen LogP contribution is 2.28. The Morgan fingerprint density at radius 3 is 2.55 bits per heavy atom. The van der Waals surface area contributed by atoms with E-state index in [1.807, 2.05) is 18.2 Å². The molecule has 0 aromatic heterocycles. The largest absolute Gasteiger partial charge is 0.300 e. The predicted octanol–water partition coefficient (Wildman–Crippen LogP) is 3.93. The SMILES string of the molecule is C[Si](C)(C)C#CC[C@@]1(NCc2ccccc2)CCCCC1=O. The maximum Gasteiger partial charge on any atom is 0.153 e. The van der Waals surface area contributed by atoms with Crippen molar-refractivity contribution in [3.63, 3.8) is 0 Å². The third kappa shape index (κ3) is 4.83. The van der Waals surface area contributed by atoms with Crippen molar-refractivity contribution in [3.8, 4) is 11.5 Å². The average Bonchev–Trinajstić information content (AvgIpc) is 2.48. The summed E-state index contributed by atoms with van der Waals surface area (Å²) >= 11 is 0. The number of hydrogen-bond donors (Lipinski definition) is 1. The molecule has 2 rings (SSSR count). The van der Waals surface area contributed by atoms with Crippen molar-refractivity contribution < 1.29 is 4.79 Å². The molecule has 0 bridgehead atoms. The number of hydrogen-bond acceptors (Lipinski definition) is 2. The van der Waals surface area contributed by atoms with Crippen molar-refractivity contribution in [1.29, 1.82) is 0 Å². The molecule has 118 valence electrons. The number of Topliss-reactive ketones (excluding diaryl/α,β-unsaturated/α-hetero) is 1. The molecular weight excluding hydrogens is 286 g/mol. The summed E-state index contributed by atoms with van der Waals surface area (Å²) in [6.07, 6.45) is 4.40. The molecule has 1 N–H and O–H groups in total. The van der Waals surface area contributed by atoms with Crippen LogP contribution in [0.25, 0.3) is 0 Å². The fourth-order valence-corrected chi connectivity index (χ4v) is 3.47. The van der Waals surface area contributed by atoms with Crippen LogP contribution in [0.2, 0.25) is 19.6 Å². The van der Waals surface area contributed by atoms with Gasteiger partial charge in [-0.25, -0.2) is 0 Å². The van der Waals surface area contributed by atoms with Crippen LogP contribution in [0.5, 0.6) is 0 Å². The fraction of sp³-hybridized carbons (Fsp3) is 0.526. The van der Waals surface area contributed by atoms with Crippen molar-refractivity contribution in [1.82, 2.24) is 5.32 Å². The van der Waals surface area contributed by atoms with Gasteiger partial charge in [-0.3, -0.25) is 4.79 Å². The van der Waals surface area contributed by atoms with Crippen LogP contribution in [0.4, 0.5) is 0 Å². The minimum atomic E-state index is -1.38. The Bertz CT molecular complexity index is 565. The zero-order chi connectivity index (χ0) is 16.1. The first-order valence-electron chi connectivity index (χ1n) is 8.24. The summed E-state index contributed by atoms with van der Waals surface area (Å²) in [5.41, 5.74) is 4.20. The summed E-state index contributed by atoms with van der Waals surface area (Å²) in [4.78, 5) is 12.6. The normalized spacial score (nSPS) is 22.0. The van der Waals surface area contributed by atoms with Crippen LogP contribution in [-0.4, -0.2) is 19.4 Å². The van der Waals surface area contributed by atoms with Crippen molar-refractivity contribution in [2.45, 2.75) is 63.8 Å². The van der Waals surface area contributed by atoms with E-state index in [9.17, 15) is 4.79 Å². The summed E-state index contributed by atoms with van der Waals surface area (Å²) in [6, 6.07) is 10.3. The molecule has 1 saturated carbocycles. The minimum absolute atomic E-state index is 0.347. The van der Waals surface area contributed by atoms with Crippen LogP contribution in [0.3, 0.4) is 0 Å². The second-order valence-corrected chi connectivity index (χ2v) is 12.0. The first kappa shape index (κ1) is 17.0. The standard InChI is InChI=1S/C19H27NOSi/c1-22(2,3)15-9-14-19(13-8-7-12-18(19)21)20-16-17-10-5-4-6-11-17/h4-6,10-11,20H,7-8,12-14,16H2,1-3H3/t19-/m0/s1. The quantitative estimate of drug-likeness (QED) is 0.674. The molecule has 22 heavy (non-hydrogen) atoms. The molecule has 2 nitrogen and oxygen atoms in total. The van der Waals surface area contributed by atoms with Gasteiger partial charge in [0, 0.05) is 19.4 Å². The lowest BCUT2D eigenvalue weighted by molar-refractivity contribution is -0.127. The Morgan fingerprint density at radius 1 is 1.18 bits per heavy atom. The monoisotopic (exact) mass is 313 g/mol. The van der Waals surface area contributed by atoms with Crippen LogP contribution in [-0.2, 0) is 11.3 Å². The van der Waals surface area contributed by atoms with Gasteiger partial charge in [-0.1, -0.05) is 56.4 Å². The van der Waals surface area contributed by atoms with Crippen molar-refractivity contribution >= 4 is 13.9 Å². The average molecular weight is 314 g/mol. The molecule has 1 aromatic rings. The first-order chi connectivity index (χ1) is 10.4. The Labute approximate surface area is 135 Å². The summed E-state index contributed by atoms with van der Waals surface area (Å²) in [5, 5.41) is 3.55. The zero-order valence-electron chi connectivity index (χ0n) is 14.0. The minimum Gasteiger partial charge on any atom is -0.300 e. The van der Waals surface area contributed by atoms with Gasteiger partial charge in [0.15, 0.2) is 5.78 Å². The van der Waals surface area contributed by atoms with E-state index in [-0.39, 0.29) is 0 Å². The van der Waals surface area contributed by atoms with Crippen molar-refractivity contribution in [2.24, 2.45) is 0 Å².